The molecule has 7 nitrogen and oxygen atoms in total. The van der Waals surface area contributed by atoms with Gasteiger partial charge in [0.25, 0.3) is 0 Å². The van der Waals surface area contributed by atoms with Crippen LogP contribution < -0.4 is 24.4 Å². The van der Waals surface area contributed by atoms with Crippen LogP contribution in [0.5, 0.6) is 17.2 Å². The first-order valence-corrected chi connectivity index (χ1v) is 8.78. The van der Waals surface area contributed by atoms with Gasteiger partial charge in [-0.15, -0.1) is 0 Å². The highest BCUT2D eigenvalue weighted by Crippen LogP contribution is 2.35. The average molecular weight is 370 g/mol. The standard InChI is InChI=1S/C20H22N2O5/c1-3-25-17-7-5-4-6-16(17)21-20(24)10-11-22(14(2)23)15-8-9-18-19(12-15)27-13-26-18/h4-9,12H,3,10-11,13H2,1-2H3,(H,21,24). The molecule has 0 saturated carbocycles. The van der Waals surface area contributed by atoms with E-state index in [4.69, 9.17) is 14.2 Å². The van der Waals surface area contributed by atoms with Gasteiger partial charge in [-0.05, 0) is 31.2 Å². The molecule has 0 unspecified atom stereocenters. The highest BCUT2D eigenvalue weighted by atomic mass is 16.7. The van der Waals surface area contributed by atoms with E-state index in [1.807, 2.05) is 19.1 Å². The molecule has 1 aliphatic rings. The molecule has 1 heterocycles. The molecule has 1 aliphatic heterocycles. The van der Waals surface area contributed by atoms with Crippen molar-refractivity contribution in [2.24, 2.45) is 0 Å². The number of benzene rings is 2. The van der Waals surface area contributed by atoms with Crippen molar-refractivity contribution in [2.45, 2.75) is 20.3 Å². The number of amides is 2. The van der Waals surface area contributed by atoms with Gasteiger partial charge in [0, 0.05) is 31.6 Å². The van der Waals surface area contributed by atoms with Crippen molar-refractivity contribution in [3.63, 3.8) is 0 Å². The smallest absolute Gasteiger partial charge is 0.231 e. The molecule has 2 amide bonds. The third kappa shape index (κ3) is 4.49. The molecule has 7 heteroatoms. The van der Waals surface area contributed by atoms with Crippen LogP contribution in [-0.4, -0.2) is 31.8 Å². The fraction of sp³-hybridized carbons (Fsp3) is 0.300. The molecule has 0 atom stereocenters. The zero-order valence-electron chi connectivity index (χ0n) is 15.4. The highest BCUT2D eigenvalue weighted by molar-refractivity contribution is 5.95. The Bertz CT molecular complexity index is 837. The van der Waals surface area contributed by atoms with E-state index in [1.54, 1.807) is 30.3 Å². The highest BCUT2D eigenvalue weighted by Gasteiger charge is 2.19. The lowest BCUT2D eigenvalue weighted by Crippen LogP contribution is -2.32. The number of fused-ring (bicyclic) bond motifs is 1. The lowest BCUT2D eigenvalue weighted by Gasteiger charge is -2.21. The van der Waals surface area contributed by atoms with Crippen LogP contribution in [0.1, 0.15) is 20.3 Å². The number of carbonyl (C=O) groups excluding carboxylic acids is 2. The molecule has 0 aliphatic carbocycles. The predicted octanol–water partition coefficient (Wildman–Crippen LogP) is 3.20. The number of para-hydroxylation sites is 2. The molecule has 3 rings (SSSR count). The molecular formula is C20H22N2O5. The zero-order valence-corrected chi connectivity index (χ0v) is 15.4. The molecule has 1 N–H and O–H groups in total. The predicted molar refractivity (Wildman–Crippen MR) is 101 cm³/mol. The largest absolute Gasteiger partial charge is 0.492 e. The summed E-state index contributed by atoms with van der Waals surface area (Å²) in [6.45, 7) is 4.27. The number of nitrogens with zero attached hydrogens (tertiary/aromatic N) is 1. The normalized spacial score (nSPS) is 11.8. The number of rotatable bonds is 7. The van der Waals surface area contributed by atoms with Gasteiger partial charge in [-0.3, -0.25) is 9.59 Å². The molecule has 2 aromatic carbocycles. The maximum Gasteiger partial charge on any atom is 0.231 e. The Morgan fingerprint density at radius 1 is 1.15 bits per heavy atom. The monoisotopic (exact) mass is 370 g/mol. The van der Waals surface area contributed by atoms with Crippen molar-refractivity contribution >= 4 is 23.2 Å². The van der Waals surface area contributed by atoms with E-state index < -0.39 is 0 Å². The second-order valence-electron chi connectivity index (χ2n) is 5.94. The van der Waals surface area contributed by atoms with E-state index >= 15 is 0 Å². The summed E-state index contributed by atoms with van der Waals surface area (Å²) in [7, 11) is 0. The van der Waals surface area contributed by atoms with Gasteiger partial charge in [0.05, 0.1) is 12.3 Å². The van der Waals surface area contributed by atoms with Crippen molar-refractivity contribution in [3.8, 4) is 17.2 Å². The van der Waals surface area contributed by atoms with Gasteiger partial charge in [-0.1, -0.05) is 12.1 Å². The van der Waals surface area contributed by atoms with Gasteiger partial charge >= 0.3 is 0 Å². The average Bonchev–Trinajstić information content (AvgIpc) is 3.11. The summed E-state index contributed by atoms with van der Waals surface area (Å²) in [5, 5.41) is 2.84. The molecule has 0 aromatic heterocycles. The first-order valence-electron chi connectivity index (χ1n) is 8.78. The molecule has 0 spiro atoms. The van der Waals surface area contributed by atoms with E-state index in [-0.39, 0.29) is 31.6 Å². The van der Waals surface area contributed by atoms with Crippen LogP contribution in [0.25, 0.3) is 0 Å². The second-order valence-corrected chi connectivity index (χ2v) is 5.94. The molecule has 0 bridgehead atoms. The Morgan fingerprint density at radius 3 is 2.70 bits per heavy atom. The van der Waals surface area contributed by atoms with Crippen LogP contribution >= 0.6 is 0 Å². The fourth-order valence-corrected chi connectivity index (χ4v) is 2.80. The Balaban J connectivity index is 1.64. The van der Waals surface area contributed by atoms with E-state index in [2.05, 4.69) is 5.32 Å². The van der Waals surface area contributed by atoms with E-state index in [0.29, 0.717) is 35.2 Å². The number of ether oxygens (including phenoxy) is 3. The first-order chi connectivity index (χ1) is 13.1. The Morgan fingerprint density at radius 2 is 1.93 bits per heavy atom. The molecule has 142 valence electrons. The van der Waals surface area contributed by atoms with Crippen LogP contribution in [0, 0.1) is 0 Å². The van der Waals surface area contributed by atoms with Crippen LogP contribution in [0.4, 0.5) is 11.4 Å². The van der Waals surface area contributed by atoms with Crippen LogP contribution in [0.15, 0.2) is 42.5 Å². The van der Waals surface area contributed by atoms with Crippen molar-refractivity contribution < 1.29 is 23.8 Å². The Labute approximate surface area is 157 Å². The number of anilines is 2. The van der Waals surface area contributed by atoms with Crippen LogP contribution in [0.3, 0.4) is 0 Å². The summed E-state index contributed by atoms with van der Waals surface area (Å²) in [4.78, 5) is 26.0. The minimum atomic E-state index is -0.200. The van der Waals surface area contributed by atoms with Crippen LogP contribution in [-0.2, 0) is 9.59 Å². The first kappa shape index (κ1) is 18.6. The lowest BCUT2D eigenvalue weighted by molar-refractivity contribution is -0.117. The maximum absolute atomic E-state index is 12.4. The van der Waals surface area contributed by atoms with Crippen molar-refractivity contribution in [3.05, 3.63) is 42.5 Å². The number of carbonyl (C=O) groups is 2. The van der Waals surface area contributed by atoms with Crippen molar-refractivity contribution in [1.82, 2.24) is 0 Å². The quantitative estimate of drug-likeness (QED) is 0.810. The van der Waals surface area contributed by atoms with Gasteiger partial charge in [-0.25, -0.2) is 0 Å². The maximum atomic E-state index is 12.4. The number of hydrogen-bond acceptors (Lipinski definition) is 5. The SMILES string of the molecule is CCOc1ccccc1NC(=O)CCN(C(C)=O)c1ccc2c(c1)OCO2. The third-order valence-corrected chi connectivity index (χ3v) is 4.07. The summed E-state index contributed by atoms with van der Waals surface area (Å²) < 4.78 is 16.2. The van der Waals surface area contributed by atoms with Gasteiger partial charge in [0.1, 0.15) is 5.75 Å². The summed E-state index contributed by atoms with van der Waals surface area (Å²) in [5.74, 6) is 1.50. The van der Waals surface area contributed by atoms with E-state index in [1.165, 1.54) is 11.8 Å². The van der Waals surface area contributed by atoms with Crippen molar-refractivity contribution in [1.29, 1.82) is 0 Å². The van der Waals surface area contributed by atoms with E-state index in [0.717, 1.165) is 0 Å². The molecule has 0 fully saturated rings. The third-order valence-electron chi connectivity index (χ3n) is 4.07. The number of nitrogens with one attached hydrogen (secondary N) is 1. The van der Waals surface area contributed by atoms with Crippen LogP contribution in [0.2, 0.25) is 0 Å². The zero-order chi connectivity index (χ0) is 19.2. The van der Waals surface area contributed by atoms with E-state index in [9.17, 15) is 9.59 Å². The van der Waals surface area contributed by atoms with Gasteiger partial charge in [0.2, 0.25) is 18.6 Å². The lowest BCUT2D eigenvalue weighted by atomic mass is 10.2. The summed E-state index contributed by atoms with van der Waals surface area (Å²) >= 11 is 0. The molecule has 0 saturated heterocycles. The molecule has 0 radical (unpaired) electrons. The fourth-order valence-electron chi connectivity index (χ4n) is 2.80. The second kappa shape index (κ2) is 8.44. The molecule has 27 heavy (non-hydrogen) atoms. The Kier molecular flexibility index (Phi) is 5.80. The minimum Gasteiger partial charge on any atom is -0.492 e. The van der Waals surface area contributed by atoms with Crippen molar-refractivity contribution in [2.75, 3.05) is 30.2 Å². The summed E-state index contributed by atoms with van der Waals surface area (Å²) in [5.41, 5.74) is 1.27. The molecule has 2 aromatic rings. The minimum absolute atomic E-state index is 0.147. The van der Waals surface area contributed by atoms with Gasteiger partial charge in [-0.2, -0.15) is 0 Å². The summed E-state index contributed by atoms with van der Waals surface area (Å²) in [6.07, 6.45) is 0.147. The number of hydrogen-bond donors (Lipinski definition) is 1. The Hall–Kier alpha value is -3.22. The summed E-state index contributed by atoms with van der Waals surface area (Å²) in [6, 6.07) is 12.5. The topological polar surface area (TPSA) is 77.1 Å². The van der Waals surface area contributed by atoms with Gasteiger partial charge in [0.15, 0.2) is 11.5 Å². The van der Waals surface area contributed by atoms with Gasteiger partial charge < -0.3 is 24.4 Å². The molecular weight excluding hydrogens is 348 g/mol.